The highest BCUT2D eigenvalue weighted by Crippen LogP contribution is 2.26. The van der Waals surface area contributed by atoms with Crippen molar-refractivity contribution in [2.45, 2.75) is 25.4 Å². The Morgan fingerprint density at radius 1 is 1.19 bits per heavy atom. The monoisotopic (exact) mass is 245 g/mol. The van der Waals surface area contributed by atoms with Crippen molar-refractivity contribution < 1.29 is 13.2 Å². The van der Waals surface area contributed by atoms with E-state index in [0.717, 1.165) is 15.2 Å². The fourth-order valence-corrected chi connectivity index (χ4v) is 2.48. The van der Waals surface area contributed by atoms with Crippen molar-refractivity contribution in [2.24, 2.45) is 0 Å². The number of thiazole rings is 1. The van der Waals surface area contributed by atoms with Crippen LogP contribution in [0.15, 0.2) is 24.3 Å². The zero-order valence-electron chi connectivity index (χ0n) is 8.42. The van der Waals surface area contributed by atoms with E-state index in [1.54, 1.807) is 0 Å². The third kappa shape index (κ3) is 2.95. The Kier molecular flexibility index (Phi) is 3.14. The fourth-order valence-electron chi connectivity index (χ4n) is 1.47. The smallest absolute Gasteiger partial charge is 0.241 e. The van der Waals surface area contributed by atoms with Crippen LogP contribution in [0, 0.1) is 0 Å². The first kappa shape index (κ1) is 11.4. The van der Waals surface area contributed by atoms with E-state index in [4.69, 9.17) is 0 Å². The first-order valence-electron chi connectivity index (χ1n) is 4.96. The van der Waals surface area contributed by atoms with Gasteiger partial charge in [-0.15, -0.1) is 11.3 Å². The molecule has 0 aliphatic rings. The number of aryl methyl sites for hydroxylation is 1. The second-order valence-electron chi connectivity index (χ2n) is 3.54. The summed E-state index contributed by atoms with van der Waals surface area (Å²) in [6, 6.07) is 7.58. The lowest BCUT2D eigenvalue weighted by Gasteiger charge is -2.03. The van der Waals surface area contributed by atoms with Gasteiger partial charge >= 0.3 is 6.18 Å². The van der Waals surface area contributed by atoms with Crippen LogP contribution < -0.4 is 0 Å². The van der Waals surface area contributed by atoms with Gasteiger partial charge in [-0.05, 0) is 25.0 Å². The molecule has 0 spiro atoms. The van der Waals surface area contributed by atoms with Crippen LogP contribution in [0.1, 0.15) is 17.8 Å². The Bertz CT molecular complexity index is 442. The van der Waals surface area contributed by atoms with Gasteiger partial charge in [-0.3, -0.25) is 0 Å². The Balaban J connectivity index is 2.00. The minimum absolute atomic E-state index is 0.114. The molecule has 0 aliphatic heterocycles. The van der Waals surface area contributed by atoms with Gasteiger partial charge in [-0.1, -0.05) is 12.1 Å². The summed E-state index contributed by atoms with van der Waals surface area (Å²) >= 11 is 1.47. The van der Waals surface area contributed by atoms with Gasteiger partial charge in [0.1, 0.15) is 0 Å². The molecule has 1 nitrogen and oxygen atoms in total. The summed E-state index contributed by atoms with van der Waals surface area (Å²) in [7, 11) is 0. The lowest BCUT2D eigenvalue weighted by Crippen LogP contribution is -2.07. The molecule has 0 atom stereocenters. The summed E-state index contributed by atoms with van der Waals surface area (Å²) in [5.74, 6) is 0. The number of benzene rings is 1. The van der Waals surface area contributed by atoms with Crippen LogP contribution in [0.5, 0.6) is 0 Å². The SMILES string of the molecule is FC(F)(F)CCCc1nc2ccccc2s1. The van der Waals surface area contributed by atoms with Crippen LogP contribution in [-0.2, 0) is 6.42 Å². The largest absolute Gasteiger partial charge is 0.389 e. The zero-order valence-corrected chi connectivity index (χ0v) is 9.24. The van der Waals surface area contributed by atoms with Gasteiger partial charge in [0.15, 0.2) is 0 Å². The lowest BCUT2D eigenvalue weighted by atomic mass is 10.2. The van der Waals surface area contributed by atoms with Crippen molar-refractivity contribution in [3.05, 3.63) is 29.3 Å². The maximum atomic E-state index is 11.9. The zero-order chi connectivity index (χ0) is 11.6. The number of hydrogen-bond donors (Lipinski definition) is 0. The molecule has 0 saturated carbocycles. The first-order chi connectivity index (χ1) is 7.54. The molecule has 0 amide bonds. The number of hydrogen-bond acceptors (Lipinski definition) is 2. The van der Waals surface area contributed by atoms with E-state index >= 15 is 0 Å². The van der Waals surface area contributed by atoms with E-state index in [0.29, 0.717) is 6.42 Å². The van der Waals surface area contributed by atoms with Crippen LogP contribution in [0.25, 0.3) is 10.2 Å². The van der Waals surface area contributed by atoms with Gasteiger partial charge in [-0.2, -0.15) is 13.2 Å². The number of alkyl halides is 3. The molecule has 1 aromatic heterocycles. The third-order valence-corrected chi connectivity index (χ3v) is 3.29. The van der Waals surface area contributed by atoms with E-state index in [9.17, 15) is 13.2 Å². The van der Waals surface area contributed by atoms with Gasteiger partial charge in [0.05, 0.1) is 15.2 Å². The molecule has 1 aromatic carbocycles. The highest BCUT2D eigenvalue weighted by atomic mass is 32.1. The highest BCUT2D eigenvalue weighted by Gasteiger charge is 2.26. The maximum Gasteiger partial charge on any atom is 0.389 e. The van der Waals surface area contributed by atoms with Crippen molar-refractivity contribution in [1.82, 2.24) is 4.98 Å². The average Bonchev–Trinajstić information content (AvgIpc) is 2.57. The van der Waals surface area contributed by atoms with E-state index in [-0.39, 0.29) is 6.42 Å². The third-order valence-electron chi connectivity index (χ3n) is 2.19. The Labute approximate surface area is 94.9 Å². The van der Waals surface area contributed by atoms with Gasteiger partial charge < -0.3 is 0 Å². The number of fused-ring (bicyclic) bond motifs is 1. The molecule has 0 aliphatic carbocycles. The van der Waals surface area contributed by atoms with Crippen LogP contribution in [0.2, 0.25) is 0 Å². The molecule has 16 heavy (non-hydrogen) atoms. The molecule has 86 valence electrons. The number of rotatable bonds is 3. The quantitative estimate of drug-likeness (QED) is 0.790. The molecular formula is C11H10F3NS. The van der Waals surface area contributed by atoms with E-state index < -0.39 is 12.6 Å². The second-order valence-corrected chi connectivity index (χ2v) is 4.66. The molecule has 0 radical (unpaired) electrons. The summed E-state index contributed by atoms with van der Waals surface area (Å²) in [5, 5.41) is 0.783. The Morgan fingerprint density at radius 2 is 1.94 bits per heavy atom. The Morgan fingerprint density at radius 3 is 2.62 bits per heavy atom. The van der Waals surface area contributed by atoms with Gasteiger partial charge in [0.25, 0.3) is 0 Å². The van der Waals surface area contributed by atoms with Gasteiger partial charge in [0.2, 0.25) is 0 Å². The van der Waals surface area contributed by atoms with Crippen molar-refractivity contribution in [1.29, 1.82) is 0 Å². The fraction of sp³-hybridized carbons (Fsp3) is 0.364. The molecule has 2 aromatic rings. The topological polar surface area (TPSA) is 12.9 Å². The van der Waals surface area contributed by atoms with Gasteiger partial charge in [0, 0.05) is 6.42 Å². The molecule has 2 rings (SSSR count). The second kappa shape index (κ2) is 4.41. The minimum atomic E-state index is -4.06. The first-order valence-corrected chi connectivity index (χ1v) is 5.77. The lowest BCUT2D eigenvalue weighted by molar-refractivity contribution is -0.135. The molecule has 0 bridgehead atoms. The highest BCUT2D eigenvalue weighted by molar-refractivity contribution is 7.18. The van der Waals surface area contributed by atoms with E-state index in [1.165, 1.54) is 11.3 Å². The number of aromatic nitrogens is 1. The predicted molar refractivity (Wildman–Crippen MR) is 58.6 cm³/mol. The molecule has 0 unspecified atom stereocenters. The predicted octanol–water partition coefficient (Wildman–Crippen LogP) is 4.18. The number of halogens is 3. The van der Waals surface area contributed by atoms with E-state index in [1.807, 2.05) is 24.3 Å². The van der Waals surface area contributed by atoms with Crippen LogP contribution in [0.4, 0.5) is 13.2 Å². The molecular weight excluding hydrogens is 235 g/mol. The van der Waals surface area contributed by atoms with Crippen molar-refractivity contribution in [2.75, 3.05) is 0 Å². The standard InChI is InChI=1S/C11H10F3NS/c12-11(13,14)7-3-6-10-15-8-4-1-2-5-9(8)16-10/h1-2,4-5H,3,6-7H2. The van der Waals surface area contributed by atoms with E-state index in [2.05, 4.69) is 4.98 Å². The summed E-state index contributed by atoms with van der Waals surface area (Å²) in [4.78, 5) is 4.28. The van der Waals surface area contributed by atoms with Crippen LogP contribution >= 0.6 is 11.3 Å². The Hall–Kier alpha value is -1.10. The van der Waals surface area contributed by atoms with Crippen LogP contribution in [0.3, 0.4) is 0 Å². The summed E-state index contributed by atoms with van der Waals surface area (Å²) in [6.45, 7) is 0. The summed E-state index contributed by atoms with van der Waals surface area (Å²) in [6.07, 6.45) is -4.28. The molecule has 0 fully saturated rings. The average molecular weight is 245 g/mol. The normalized spacial score (nSPS) is 12.2. The number of nitrogens with zero attached hydrogens (tertiary/aromatic N) is 1. The van der Waals surface area contributed by atoms with Crippen molar-refractivity contribution >= 4 is 21.6 Å². The van der Waals surface area contributed by atoms with Crippen molar-refractivity contribution in [3.63, 3.8) is 0 Å². The molecule has 0 saturated heterocycles. The maximum absolute atomic E-state index is 11.9. The van der Waals surface area contributed by atoms with Gasteiger partial charge in [-0.25, -0.2) is 4.98 Å². The molecule has 5 heteroatoms. The summed E-state index contributed by atoms with van der Waals surface area (Å²) in [5.41, 5.74) is 0.870. The summed E-state index contributed by atoms with van der Waals surface area (Å²) < 4.78 is 36.9. The molecule has 0 N–H and O–H groups in total. The van der Waals surface area contributed by atoms with Crippen molar-refractivity contribution in [3.8, 4) is 0 Å². The van der Waals surface area contributed by atoms with Crippen LogP contribution in [-0.4, -0.2) is 11.2 Å². The minimum Gasteiger partial charge on any atom is -0.241 e. The number of para-hydroxylation sites is 1. The molecule has 1 heterocycles.